The molecule has 0 bridgehead atoms. The van der Waals surface area contributed by atoms with Crippen molar-refractivity contribution in [2.75, 3.05) is 12.8 Å². The quantitative estimate of drug-likeness (QED) is 0.315. The summed E-state index contributed by atoms with van der Waals surface area (Å²) in [6.07, 6.45) is 6.08. The van der Waals surface area contributed by atoms with Crippen LogP contribution >= 0.6 is 8.44 Å². The highest BCUT2D eigenvalue weighted by atomic mass is 32.8. The van der Waals surface area contributed by atoms with E-state index in [9.17, 15) is 4.21 Å². The van der Waals surface area contributed by atoms with Crippen molar-refractivity contribution < 1.29 is 8.73 Å². The van der Waals surface area contributed by atoms with Crippen LogP contribution in [-0.4, -0.2) is 36.4 Å². The Hall–Kier alpha value is -2.73. The molecule has 1 aliphatic heterocycles. The van der Waals surface area contributed by atoms with E-state index >= 15 is 0 Å². The summed E-state index contributed by atoms with van der Waals surface area (Å²) in [4.78, 5) is 9.12. The molecule has 3 heterocycles. The van der Waals surface area contributed by atoms with Crippen LogP contribution in [0.15, 0.2) is 65.3 Å². The third-order valence-electron chi connectivity index (χ3n) is 6.27. The zero-order valence-electron chi connectivity index (χ0n) is 19.4. The van der Waals surface area contributed by atoms with Crippen molar-refractivity contribution >= 4 is 18.2 Å². The topological polar surface area (TPSA) is 72.1 Å². The fourth-order valence-corrected chi connectivity index (χ4v) is 5.74. The number of benzene rings is 2. The maximum Gasteiger partial charge on any atom is 0.227 e. The van der Waals surface area contributed by atoms with Crippen LogP contribution in [0.3, 0.4) is 0 Å². The van der Waals surface area contributed by atoms with Gasteiger partial charge in [-0.3, -0.25) is 9.19 Å². The normalized spacial score (nSPS) is 14.7. The van der Waals surface area contributed by atoms with Crippen LogP contribution in [0.2, 0.25) is 0 Å². The fraction of sp³-hybridized carbons (Fsp3) is 0.269. The standard InChI is InChI=1S/C26H29N4O2PS/c1-18-3-11-24(27-16-18)20-7-4-19(5-8-20)6-12-25-28-26(29-32-25)22-9-10-23-17-30(34(2,31)33)14-13-21(23)15-22/h3-5,7-11,15-16,34H,6,12-14,17,33H2,1-2H3. The molecule has 4 aromatic rings. The molecule has 8 heteroatoms. The van der Waals surface area contributed by atoms with Crippen molar-refractivity contribution in [3.8, 4) is 22.6 Å². The highest BCUT2D eigenvalue weighted by Crippen LogP contribution is 2.29. The summed E-state index contributed by atoms with van der Waals surface area (Å²) in [7, 11) is 0.195. The van der Waals surface area contributed by atoms with Gasteiger partial charge in [-0.05, 0) is 63.9 Å². The van der Waals surface area contributed by atoms with Gasteiger partial charge in [0.25, 0.3) is 0 Å². The maximum absolute atomic E-state index is 12.4. The number of pyridine rings is 1. The summed E-state index contributed by atoms with van der Waals surface area (Å²) < 4.78 is 20.0. The van der Waals surface area contributed by atoms with Crippen molar-refractivity contribution in [3.05, 3.63) is 88.9 Å². The van der Waals surface area contributed by atoms with Gasteiger partial charge in [0, 0.05) is 43.1 Å². The van der Waals surface area contributed by atoms with E-state index in [1.807, 2.05) is 25.3 Å². The summed E-state index contributed by atoms with van der Waals surface area (Å²) in [5.41, 5.74) is 7.91. The minimum absolute atomic E-state index is 0.619. The molecule has 0 N–H and O–H groups in total. The summed E-state index contributed by atoms with van der Waals surface area (Å²) >= 11 is 0. The Morgan fingerprint density at radius 1 is 1.03 bits per heavy atom. The van der Waals surface area contributed by atoms with E-state index in [0.717, 1.165) is 41.8 Å². The lowest BCUT2D eigenvalue weighted by Crippen LogP contribution is -2.36. The number of rotatable bonds is 6. The van der Waals surface area contributed by atoms with Gasteiger partial charge in [0.2, 0.25) is 11.7 Å². The van der Waals surface area contributed by atoms with E-state index in [2.05, 4.69) is 70.3 Å². The Morgan fingerprint density at radius 2 is 1.82 bits per heavy atom. The van der Waals surface area contributed by atoms with Crippen LogP contribution in [0.25, 0.3) is 22.6 Å². The van der Waals surface area contributed by atoms with Crippen molar-refractivity contribution in [1.82, 2.24) is 19.4 Å². The minimum Gasteiger partial charge on any atom is -0.339 e. The van der Waals surface area contributed by atoms with Gasteiger partial charge >= 0.3 is 0 Å². The third kappa shape index (κ3) is 5.17. The zero-order chi connectivity index (χ0) is 23.7. The Balaban J connectivity index is 1.23. The molecule has 0 amide bonds. The smallest absolute Gasteiger partial charge is 0.227 e. The molecule has 1 unspecified atom stereocenters. The first-order valence-electron chi connectivity index (χ1n) is 11.4. The van der Waals surface area contributed by atoms with E-state index in [1.165, 1.54) is 16.7 Å². The number of hydrogen-bond donors (Lipinski definition) is 1. The van der Waals surface area contributed by atoms with Gasteiger partial charge in [-0.25, -0.2) is 4.31 Å². The van der Waals surface area contributed by atoms with E-state index in [-0.39, 0.29) is 0 Å². The van der Waals surface area contributed by atoms with Gasteiger partial charge in [0.1, 0.15) is 0 Å². The molecule has 34 heavy (non-hydrogen) atoms. The second-order valence-corrected chi connectivity index (χ2v) is 14.3. The first kappa shape index (κ1) is 23.0. The Bertz CT molecular complexity index is 1350. The largest absolute Gasteiger partial charge is 0.339 e. The molecule has 1 aliphatic rings. The van der Waals surface area contributed by atoms with Crippen LogP contribution in [-0.2, 0) is 35.5 Å². The van der Waals surface area contributed by atoms with Crippen LogP contribution in [0.1, 0.15) is 28.1 Å². The van der Waals surface area contributed by atoms with Crippen LogP contribution in [0.5, 0.6) is 0 Å². The molecular formula is C26H29N4O2PS. The SMILES string of the molecule is Cc1ccc(-c2ccc(CCc3nc(-c4ccc5c(c4)CCN([SH](C)(=O)P)C5)no3)cc2)nc1. The van der Waals surface area contributed by atoms with Crippen molar-refractivity contribution in [3.63, 3.8) is 0 Å². The van der Waals surface area contributed by atoms with Gasteiger partial charge in [0.15, 0.2) is 0 Å². The lowest BCUT2D eigenvalue weighted by Gasteiger charge is -2.34. The van der Waals surface area contributed by atoms with E-state index in [1.54, 1.807) is 6.26 Å². The van der Waals surface area contributed by atoms with Gasteiger partial charge in [-0.15, -0.1) is 0 Å². The Kier molecular flexibility index (Phi) is 6.43. The molecule has 6 nitrogen and oxygen atoms in total. The lowest BCUT2D eigenvalue weighted by atomic mass is 9.98. The second-order valence-electron chi connectivity index (χ2n) is 8.99. The first-order valence-corrected chi connectivity index (χ1v) is 15.2. The van der Waals surface area contributed by atoms with Gasteiger partial charge < -0.3 is 4.52 Å². The lowest BCUT2D eigenvalue weighted by molar-refractivity contribution is 0.379. The van der Waals surface area contributed by atoms with Crippen LogP contribution < -0.4 is 0 Å². The molecule has 1 atom stereocenters. The number of aryl methyl sites for hydroxylation is 3. The number of nitrogens with zero attached hydrogens (tertiary/aromatic N) is 4. The number of hydrogen-bond acceptors (Lipinski definition) is 5. The van der Waals surface area contributed by atoms with Crippen LogP contribution in [0, 0.1) is 6.92 Å². The van der Waals surface area contributed by atoms with Gasteiger partial charge in [-0.1, -0.05) is 56.1 Å². The number of fused-ring (bicyclic) bond motifs is 1. The fourth-order valence-electron chi connectivity index (χ4n) is 4.22. The van der Waals surface area contributed by atoms with E-state index < -0.39 is 9.74 Å². The van der Waals surface area contributed by atoms with Crippen molar-refractivity contribution in [2.24, 2.45) is 0 Å². The van der Waals surface area contributed by atoms with E-state index in [4.69, 9.17) is 4.52 Å². The van der Waals surface area contributed by atoms with Crippen molar-refractivity contribution in [2.45, 2.75) is 32.7 Å². The first-order chi connectivity index (χ1) is 16.3. The second kappa shape index (κ2) is 9.49. The monoisotopic (exact) mass is 492 g/mol. The average molecular weight is 493 g/mol. The predicted molar refractivity (Wildman–Crippen MR) is 141 cm³/mol. The molecule has 0 saturated heterocycles. The molecule has 2 aromatic carbocycles. The summed E-state index contributed by atoms with van der Waals surface area (Å²) in [6.45, 7) is 3.55. The van der Waals surface area contributed by atoms with Crippen molar-refractivity contribution in [1.29, 1.82) is 0 Å². The molecule has 2 aromatic heterocycles. The van der Waals surface area contributed by atoms with Gasteiger partial charge in [-0.2, -0.15) is 4.98 Å². The Labute approximate surface area is 203 Å². The Morgan fingerprint density at radius 3 is 2.56 bits per heavy atom. The van der Waals surface area contributed by atoms with E-state index in [0.29, 0.717) is 24.7 Å². The summed E-state index contributed by atoms with van der Waals surface area (Å²) in [5, 5.41) is 4.21. The third-order valence-corrected chi connectivity index (χ3v) is 8.72. The zero-order valence-corrected chi connectivity index (χ0v) is 21.5. The molecule has 5 rings (SSSR count). The highest BCUT2D eigenvalue weighted by molar-refractivity contribution is 8.43. The molecule has 0 aliphatic carbocycles. The predicted octanol–water partition coefficient (Wildman–Crippen LogP) is 4.60. The van der Waals surface area contributed by atoms with Crippen LogP contribution in [0.4, 0.5) is 0 Å². The maximum atomic E-state index is 12.4. The molecular weight excluding hydrogens is 463 g/mol. The number of thiol groups is 1. The minimum atomic E-state index is -2.31. The number of aromatic nitrogens is 3. The average Bonchev–Trinajstić information content (AvgIpc) is 3.31. The molecule has 0 saturated carbocycles. The molecule has 176 valence electrons. The summed E-state index contributed by atoms with van der Waals surface area (Å²) in [6, 6.07) is 18.9. The molecule has 0 fully saturated rings. The van der Waals surface area contributed by atoms with Gasteiger partial charge in [0.05, 0.1) is 5.69 Å². The molecule has 0 spiro atoms. The summed E-state index contributed by atoms with van der Waals surface area (Å²) in [5.74, 6) is 1.26. The highest BCUT2D eigenvalue weighted by Gasteiger charge is 2.22. The molecule has 0 radical (unpaired) electrons.